The Hall–Kier alpha value is -0.820. The van der Waals surface area contributed by atoms with E-state index < -0.39 is 5.60 Å². The topological polar surface area (TPSA) is 20.2 Å². The molecule has 0 bridgehead atoms. The van der Waals surface area contributed by atoms with Gasteiger partial charge >= 0.3 is 0 Å². The minimum Gasteiger partial charge on any atom is -0.385 e. The zero-order valence-electron chi connectivity index (χ0n) is 10.8. The first-order valence-electron chi connectivity index (χ1n) is 6.12. The third-order valence-electron chi connectivity index (χ3n) is 3.75. The molecule has 0 heterocycles. The van der Waals surface area contributed by atoms with Crippen LogP contribution in [-0.2, 0) is 5.60 Å². The Labute approximate surface area is 98.5 Å². The number of aliphatic hydroxyl groups is 1. The lowest BCUT2D eigenvalue weighted by Crippen LogP contribution is -2.23. The largest absolute Gasteiger partial charge is 0.385 e. The molecule has 1 unspecified atom stereocenters. The lowest BCUT2D eigenvalue weighted by Gasteiger charge is -2.26. The van der Waals surface area contributed by atoms with E-state index in [4.69, 9.17) is 0 Å². The van der Waals surface area contributed by atoms with E-state index in [2.05, 4.69) is 45.9 Å². The number of hydrogen-bond acceptors (Lipinski definition) is 1. The molecule has 0 spiro atoms. The lowest BCUT2D eigenvalue weighted by molar-refractivity contribution is 0.0337. The first kappa shape index (κ1) is 11.7. The van der Waals surface area contributed by atoms with Crippen molar-refractivity contribution in [3.63, 3.8) is 0 Å². The zero-order chi connectivity index (χ0) is 12.0. The molecule has 0 amide bonds. The van der Waals surface area contributed by atoms with Gasteiger partial charge in [-0.05, 0) is 44.1 Å². The maximum atomic E-state index is 10.7. The van der Waals surface area contributed by atoms with E-state index in [-0.39, 0.29) is 5.41 Å². The van der Waals surface area contributed by atoms with Crippen molar-refractivity contribution < 1.29 is 5.11 Å². The molecule has 1 fully saturated rings. The van der Waals surface area contributed by atoms with Crippen molar-refractivity contribution in [1.29, 1.82) is 0 Å². The van der Waals surface area contributed by atoms with E-state index in [1.807, 2.05) is 0 Å². The summed E-state index contributed by atoms with van der Waals surface area (Å²) < 4.78 is 0. The van der Waals surface area contributed by atoms with Crippen molar-refractivity contribution in [3.8, 4) is 0 Å². The number of benzene rings is 1. The standard InChI is InChI=1S/C15H22O/c1-11-7-12(2)9-13(8-11)15(16)6-5-14(3,4)10-15/h7-9,16H,5-6,10H2,1-4H3. The van der Waals surface area contributed by atoms with Gasteiger partial charge in [0.15, 0.2) is 0 Å². The van der Waals surface area contributed by atoms with Gasteiger partial charge in [-0.3, -0.25) is 0 Å². The molecule has 1 saturated carbocycles. The van der Waals surface area contributed by atoms with Crippen LogP contribution in [0.15, 0.2) is 18.2 Å². The fourth-order valence-electron chi connectivity index (χ4n) is 3.00. The Morgan fingerprint density at radius 1 is 1.00 bits per heavy atom. The van der Waals surface area contributed by atoms with Gasteiger partial charge in [-0.15, -0.1) is 0 Å². The van der Waals surface area contributed by atoms with Gasteiger partial charge in [0.1, 0.15) is 0 Å². The molecular weight excluding hydrogens is 196 g/mol. The zero-order valence-corrected chi connectivity index (χ0v) is 10.8. The summed E-state index contributed by atoms with van der Waals surface area (Å²) in [4.78, 5) is 0. The fourth-order valence-corrected chi connectivity index (χ4v) is 3.00. The monoisotopic (exact) mass is 218 g/mol. The van der Waals surface area contributed by atoms with Gasteiger partial charge in [0.05, 0.1) is 5.60 Å². The third kappa shape index (κ3) is 2.15. The predicted octanol–water partition coefficient (Wildman–Crippen LogP) is 3.70. The normalized spacial score (nSPS) is 28.3. The Balaban J connectivity index is 2.37. The molecule has 1 aliphatic rings. The third-order valence-corrected chi connectivity index (χ3v) is 3.75. The molecule has 88 valence electrons. The van der Waals surface area contributed by atoms with Gasteiger partial charge < -0.3 is 5.11 Å². The van der Waals surface area contributed by atoms with Gasteiger partial charge in [-0.25, -0.2) is 0 Å². The fraction of sp³-hybridized carbons (Fsp3) is 0.600. The van der Waals surface area contributed by atoms with Crippen LogP contribution in [0.4, 0.5) is 0 Å². The van der Waals surface area contributed by atoms with Crippen molar-refractivity contribution in [2.75, 3.05) is 0 Å². The Morgan fingerprint density at radius 3 is 2.00 bits per heavy atom. The molecule has 1 heteroatoms. The van der Waals surface area contributed by atoms with E-state index >= 15 is 0 Å². The summed E-state index contributed by atoms with van der Waals surface area (Å²) in [6.07, 6.45) is 2.88. The predicted molar refractivity (Wildman–Crippen MR) is 67.4 cm³/mol. The van der Waals surface area contributed by atoms with Gasteiger partial charge in [0, 0.05) is 0 Å². The maximum Gasteiger partial charge on any atom is 0.0902 e. The van der Waals surface area contributed by atoms with Crippen molar-refractivity contribution in [2.45, 2.75) is 52.6 Å². The SMILES string of the molecule is Cc1cc(C)cc(C2(O)CCC(C)(C)C2)c1. The summed E-state index contributed by atoms with van der Waals surface area (Å²) in [5, 5.41) is 10.7. The summed E-state index contributed by atoms with van der Waals surface area (Å²) in [5.74, 6) is 0. The molecule has 0 aromatic heterocycles. The van der Waals surface area contributed by atoms with E-state index in [9.17, 15) is 5.11 Å². The Bertz CT molecular complexity index is 386. The summed E-state index contributed by atoms with van der Waals surface area (Å²) >= 11 is 0. The Kier molecular flexibility index (Phi) is 2.62. The molecular formula is C15H22O. The molecule has 2 rings (SSSR count). The maximum absolute atomic E-state index is 10.7. The smallest absolute Gasteiger partial charge is 0.0902 e. The highest BCUT2D eigenvalue weighted by Crippen LogP contribution is 2.49. The first-order valence-corrected chi connectivity index (χ1v) is 6.12. The van der Waals surface area contributed by atoms with Crippen LogP contribution in [-0.4, -0.2) is 5.11 Å². The van der Waals surface area contributed by atoms with Gasteiger partial charge in [-0.2, -0.15) is 0 Å². The van der Waals surface area contributed by atoms with Crippen LogP contribution in [0, 0.1) is 19.3 Å². The van der Waals surface area contributed by atoms with Crippen molar-refractivity contribution in [2.24, 2.45) is 5.41 Å². The second-order valence-corrected chi connectivity index (χ2v) is 6.25. The van der Waals surface area contributed by atoms with E-state index in [1.165, 1.54) is 11.1 Å². The van der Waals surface area contributed by atoms with Crippen LogP contribution in [0.2, 0.25) is 0 Å². The van der Waals surface area contributed by atoms with Crippen molar-refractivity contribution in [1.82, 2.24) is 0 Å². The van der Waals surface area contributed by atoms with Crippen molar-refractivity contribution >= 4 is 0 Å². The molecule has 1 aromatic rings. The average Bonchev–Trinajstić information content (AvgIpc) is 2.40. The highest BCUT2D eigenvalue weighted by Gasteiger charge is 2.42. The highest BCUT2D eigenvalue weighted by molar-refractivity contribution is 5.33. The molecule has 0 aliphatic heterocycles. The van der Waals surface area contributed by atoms with E-state index in [0.717, 1.165) is 24.8 Å². The first-order chi connectivity index (χ1) is 7.31. The minimum atomic E-state index is -0.597. The average molecular weight is 218 g/mol. The number of aryl methyl sites for hydroxylation is 2. The van der Waals surface area contributed by atoms with Crippen LogP contribution in [0.25, 0.3) is 0 Å². The van der Waals surface area contributed by atoms with Crippen LogP contribution < -0.4 is 0 Å². The number of rotatable bonds is 1. The summed E-state index contributed by atoms with van der Waals surface area (Å²) in [6.45, 7) is 8.68. The van der Waals surface area contributed by atoms with Gasteiger partial charge in [0.25, 0.3) is 0 Å². The van der Waals surface area contributed by atoms with Crippen LogP contribution in [0.5, 0.6) is 0 Å². The van der Waals surface area contributed by atoms with Crippen LogP contribution >= 0.6 is 0 Å². The highest BCUT2D eigenvalue weighted by atomic mass is 16.3. The molecule has 1 aromatic carbocycles. The van der Waals surface area contributed by atoms with Gasteiger partial charge in [0.2, 0.25) is 0 Å². The van der Waals surface area contributed by atoms with E-state index in [0.29, 0.717) is 0 Å². The molecule has 1 nitrogen and oxygen atoms in total. The molecule has 0 saturated heterocycles. The summed E-state index contributed by atoms with van der Waals surface area (Å²) in [7, 11) is 0. The van der Waals surface area contributed by atoms with Crippen molar-refractivity contribution in [3.05, 3.63) is 34.9 Å². The summed E-state index contributed by atoms with van der Waals surface area (Å²) in [6, 6.07) is 6.43. The Morgan fingerprint density at radius 2 is 1.56 bits per heavy atom. The van der Waals surface area contributed by atoms with Crippen LogP contribution in [0.3, 0.4) is 0 Å². The van der Waals surface area contributed by atoms with Gasteiger partial charge in [-0.1, -0.05) is 43.2 Å². The summed E-state index contributed by atoms with van der Waals surface area (Å²) in [5.41, 5.74) is 3.27. The molecule has 16 heavy (non-hydrogen) atoms. The van der Waals surface area contributed by atoms with E-state index in [1.54, 1.807) is 0 Å². The molecule has 1 aliphatic carbocycles. The molecule has 1 atom stereocenters. The second kappa shape index (κ2) is 3.59. The molecule has 1 N–H and O–H groups in total. The lowest BCUT2D eigenvalue weighted by atomic mass is 9.85. The minimum absolute atomic E-state index is 0.270. The number of hydrogen-bond donors (Lipinski definition) is 1. The quantitative estimate of drug-likeness (QED) is 0.762. The second-order valence-electron chi connectivity index (χ2n) is 6.25. The molecule has 0 radical (unpaired) electrons. The van der Waals surface area contributed by atoms with Crippen LogP contribution in [0.1, 0.15) is 49.8 Å².